The van der Waals surface area contributed by atoms with Crippen molar-refractivity contribution in [1.29, 1.82) is 0 Å². The van der Waals surface area contributed by atoms with Crippen molar-refractivity contribution in [3.05, 3.63) is 98.7 Å². The maximum absolute atomic E-state index is 13.0. The number of anilines is 1. The van der Waals surface area contributed by atoms with Gasteiger partial charge in [-0.2, -0.15) is 0 Å². The smallest absolute Gasteiger partial charge is 0.291 e. The number of aromatic nitrogens is 1. The molecule has 7 nitrogen and oxygen atoms in total. The first kappa shape index (κ1) is 22.1. The first-order valence-electron chi connectivity index (χ1n) is 9.90. The summed E-state index contributed by atoms with van der Waals surface area (Å²) >= 11 is 14.1. The maximum Gasteiger partial charge on any atom is 0.291 e. The van der Waals surface area contributed by atoms with Crippen molar-refractivity contribution < 1.29 is 14.1 Å². The minimum absolute atomic E-state index is 0.0329. The second-order valence-corrected chi connectivity index (χ2v) is 9.06. The number of carbonyl (C=O) groups is 1. The molecule has 2 aromatic heterocycles. The van der Waals surface area contributed by atoms with Gasteiger partial charge in [0.05, 0.1) is 31.4 Å². The quantitative estimate of drug-likeness (QED) is 0.193. The lowest BCUT2D eigenvalue weighted by Gasteiger charge is -2.11. The molecule has 0 spiro atoms. The summed E-state index contributed by atoms with van der Waals surface area (Å²) in [4.78, 5) is 28.5. The number of nitro benzene ring substituents is 1. The number of hydrogen-bond acceptors (Lipinski definition) is 6. The van der Waals surface area contributed by atoms with E-state index >= 15 is 0 Å². The average molecular weight is 510 g/mol. The van der Waals surface area contributed by atoms with Gasteiger partial charge in [-0.1, -0.05) is 47.5 Å². The molecule has 5 rings (SSSR count). The molecule has 0 aliphatic carbocycles. The number of nitrogens with one attached hydrogen (secondary N) is 1. The summed E-state index contributed by atoms with van der Waals surface area (Å²) in [5.41, 5.74) is 1.86. The molecule has 1 N–H and O–H groups in total. The molecule has 168 valence electrons. The Labute approximate surface area is 206 Å². The second kappa shape index (κ2) is 8.90. The van der Waals surface area contributed by atoms with Crippen molar-refractivity contribution in [2.45, 2.75) is 0 Å². The van der Waals surface area contributed by atoms with Gasteiger partial charge in [-0.25, -0.2) is 4.98 Å². The van der Waals surface area contributed by atoms with Gasteiger partial charge < -0.3 is 9.73 Å². The van der Waals surface area contributed by atoms with E-state index in [1.807, 2.05) is 24.3 Å². The number of benzene rings is 3. The highest BCUT2D eigenvalue weighted by Crippen LogP contribution is 2.40. The first-order valence-corrected chi connectivity index (χ1v) is 11.5. The summed E-state index contributed by atoms with van der Waals surface area (Å²) in [5, 5.41) is 15.4. The lowest BCUT2D eigenvalue weighted by Crippen LogP contribution is -2.12. The number of furan rings is 1. The van der Waals surface area contributed by atoms with E-state index in [0.717, 1.165) is 10.2 Å². The summed E-state index contributed by atoms with van der Waals surface area (Å²) < 4.78 is 6.63. The highest BCUT2D eigenvalue weighted by atomic mass is 35.5. The van der Waals surface area contributed by atoms with Crippen molar-refractivity contribution >= 4 is 62.0 Å². The van der Waals surface area contributed by atoms with Crippen LogP contribution in [0.5, 0.6) is 0 Å². The molecule has 0 fully saturated rings. The van der Waals surface area contributed by atoms with Crippen LogP contribution < -0.4 is 5.32 Å². The largest absolute Gasteiger partial charge is 0.451 e. The predicted molar refractivity (Wildman–Crippen MR) is 134 cm³/mol. The number of nitrogens with zero attached hydrogens (tertiary/aromatic N) is 2. The Bertz CT molecular complexity index is 1540. The van der Waals surface area contributed by atoms with Crippen LogP contribution in [-0.2, 0) is 0 Å². The molecule has 0 saturated heterocycles. The van der Waals surface area contributed by atoms with E-state index in [4.69, 9.17) is 27.6 Å². The third-order valence-corrected chi connectivity index (χ3v) is 6.60. The Morgan fingerprint density at radius 2 is 1.76 bits per heavy atom. The summed E-state index contributed by atoms with van der Waals surface area (Å²) in [6.07, 6.45) is 0. The summed E-state index contributed by atoms with van der Waals surface area (Å²) in [7, 11) is 0. The number of amides is 1. The molecule has 0 saturated carbocycles. The van der Waals surface area contributed by atoms with Gasteiger partial charge in [0.15, 0.2) is 5.76 Å². The predicted octanol–water partition coefficient (Wildman–Crippen LogP) is 7.69. The number of carbonyl (C=O) groups excluding carboxylic acids is 1. The van der Waals surface area contributed by atoms with E-state index < -0.39 is 10.8 Å². The van der Waals surface area contributed by atoms with Crippen LogP contribution in [0.25, 0.3) is 32.1 Å². The number of halogens is 2. The molecule has 2 heterocycles. The van der Waals surface area contributed by atoms with Gasteiger partial charge >= 0.3 is 0 Å². The summed E-state index contributed by atoms with van der Waals surface area (Å²) in [6, 6.07) is 20.0. The molecule has 0 atom stereocenters. The number of thiazole rings is 1. The van der Waals surface area contributed by atoms with Gasteiger partial charge in [0.2, 0.25) is 0 Å². The summed E-state index contributed by atoms with van der Waals surface area (Å²) in [5.74, 6) is -0.406. The van der Waals surface area contributed by atoms with Crippen LogP contribution in [0.4, 0.5) is 11.4 Å². The molecule has 0 unspecified atom stereocenters. The zero-order valence-electron chi connectivity index (χ0n) is 17.1. The SMILES string of the molecule is O=C(Nc1c(Cl)cc(Cl)cc1-c1nc2ccccc2s1)c1ccc(-c2ccccc2[N+](=O)[O-])o1. The first-order chi connectivity index (χ1) is 16.4. The minimum Gasteiger partial charge on any atom is -0.451 e. The van der Waals surface area contributed by atoms with Crippen LogP contribution in [0.3, 0.4) is 0 Å². The fraction of sp³-hybridized carbons (Fsp3) is 0. The molecule has 1 amide bonds. The van der Waals surface area contributed by atoms with Gasteiger partial charge in [0.25, 0.3) is 11.6 Å². The lowest BCUT2D eigenvalue weighted by atomic mass is 10.1. The van der Waals surface area contributed by atoms with Crippen molar-refractivity contribution in [1.82, 2.24) is 4.98 Å². The Morgan fingerprint density at radius 1 is 1.00 bits per heavy atom. The van der Waals surface area contributed by atoms with Crippen LogP contribution in [0.2, 0.25) is 10.0 Å². The van der Waals surface area contributed by atoms with Gasteiger partial charge in [0.1, 0.15) is 10.8 Å². The highest BCUT2D eigenvalue weighted by molar-refractivity contribution is 7.21. The average Bonchev–Trinajstić information content (AvgIpc) is 3.48. The standard InChI is InChI=1S/C24H13Cl2N3O4S/c25-13-11-15(24-27-17-6-2-4-8-21(17)34-24)22(16(26)12-13)28-23(30)20-10-9-19(33-20)14-5-1-3-7-18(14)29(31)32/h1-12H,(H,28,30). The fourth-order valence-corrected chi connectivity index (χ4v) is 5.01. The fourth-order valence-electron chi connectivity index (χ4n) is 3.48. The highest BCUT2D eigenvalue weighted by Gasteiger charge is 2.22. The van der Waals surface area contributed by atoms with E-state index in [1.54, 1.807) is 24.3 Å². The van der Waals surface area contributed by atoms with Crippen molar-refractivity contribution in [3.8, 4) is 21.9 Å². The minimum atomic E-state index is -0.573. The monoisotopic (exact) mass is 509 g/mol. The van der Waals surface area contributed by atoms with E-state index in [0.29, 0.717) is 21.3 Å². The van der Waals surface area contributed by atoms with Crippen molar-refractivity contribution in [2.75, 3.05) is 5.32 Å². The number of hydrogen-bond donors (Lipinski definition) is 1. The van der Waals surface area contributed by atoms with E-state index in [9.17, 15) is 14.9 Å². The molecule has 0 aliphatic rings. The van der Waals surface area contributed by atoms with Gasteiger partial charge in [-0.05, 0) is 42.5 Å². The molecule has 3 aromatic carbocycles. The topological polar surface area (TPSA) is 98.3 Å². The van der Waals surface area contributed by atoms with Gasteiger partial charge in [0, 0.05) is 16.7 Å². The third-order valence-electron chi connectivity index (χ3n) is 5.01. The van der Waals surface area contributed by atoms with Crippen molar-refractivity contribution in [3.63, 3.8) is 0 Å². The molecular weight excluding hydrogens is 497 g/mol. The molecular formula is C24H13Cl2N3O4S. The van der Waals surface area contributed by atoms with Crippen molar-refractivity contribution in [2.24, 2.45) is 0 Å². The number of rotatable bonds is 5. The van der Waals surface area contributed by atoms with Crippen LogP contribution >= 0.6 is 34.5 Å². The molecule has 10 heteroatoms. The molecule has 5 aromatic rings. The molecule has 34 heavy (non-hydrogen) atoms. The Balaban J connectivity index is 1.50. The number of fused-ring (bicyclic) bond motifs is 1. The van der Waals surface area contributed by atoms with Crippen LogP contribution in [0.1, 0.15) is 10.6 Å². The Morgan fingerprint density at radius 3 is 2.56 bits per heavy atom. The number of nitro groups is 1. The normalized spacial score (nSPS) is 11.0. The molecule has 0 aliphatic heterocycles. The Hall–Kier alpha value is -3.72. The summed E-state index contributed by atoms with van der Waals surface area (Å²) in [6.45, 7) is 0. The Kier molecular flexibility index (Phi) is 5.79. The van der Waals surface area contributed by atoms with Crippen LogP contribution in [0, 0.1) is 10.1 Å². The van der Waals surface area contributed by atoms with Crippen LogP contribution in [-0.4, -0.2) is 15.8 Å². The third kappa shape index (κ3) is 4.14. The molecule has 0 radical (unpaired) electrons. The second-order valence-electron chi connectivity index (χ2n) is 7.19. The van der Waals surface area contributed by atoms with E-state index in [2.05, 4.69) is 10.3 Å². The van der Waals surface area contributed by atoms with E-state index in [1.165, 1.54) is 35.6 Å². The molecule has 0 bridgehead atoms. The van der Waals surface area contributed by atoms with Crippen LogP contribution in [0.15, 0.2) is 77.2 Å². The van der Waals surface area contributed by atoms with E-state index in [-0.39, 0.29) is 27.8 Å². The maximum atomic E-state index is 13.0. The zero-order chi connectivity index (χ0) is 23.8. The number of para-hydroxylation sites is 2. The van der Waals surface area contributed by atoms with Gasteiger partial charge in [-0.15, -0.1) is 11.3 Å². The zero-order valence-corrected chi connectivity index (χ0v) is 19.4. The lowest BCUT2D eigenvalue weighted by molar-refractivity contribution is -0.384. The van der Waals surface area contributed by atoms with Gasteiger partial charge in [-0.3, -0.25) is 14.9 Å².